The Labute approximate surface area is 153 Å². The minimum absolute atomic E-state index is 0.325. The lowest BCUT2D eigenvalue weighted by atomic mass is 10.1. The SMILES string of the molecule is CCNC(=NCC(O)c1ccncc1)N1CCN(Cc2ccon2)CC1. The van der Waals surface area contributed by atoms with Crippen LogP contribution < -0.4 is 5.32 Å². The van der Waals surface area contributed by atoms with Crippen molar-refractivity contribution in [1.29, 1.82) is 0 Å². The highest BCUT2D eigenvalue weighted by atomic mass is 16.5. The highest BCUT2D eigenvalue weighted by Crippen LogP contribution is 2.12. The Bertz CT molecular complexity index is 668. The Morgan fingerprint density at radius 3 is 2.69 bits per heavy atom. The fourth-order valence-electron chi connectivity index (χ4n) is 2.96. The van der Waals surface area contributed by atoms with E-state index in [2.05, 4.69) is 37.2 Å². The lowest BCUT2D eigenvalue weighted by Crippen LogP contribution is -2.52. The molecule has 0 spiro atoms. The third-order valence-electron chi connectivity index (χ3n) is 4.39. The summed E-state index contributed by atoms with van der Waals surface area (Å²) in [7, 11) is 0. The monoisotopic (exact) mass is 358 g/mol. The van der Waals surface area contributed by atoms with E-state index in [4.69, 9.17) is 4.52 Å². The van der Waals surface area contributed by atoms with Crippen LogP contribution in [0.3, 0.4) is 0 Å². The lowest BCUT2D eigenvalue weighted by molar-refractivity contribution is 0.166. The molecule has 0 amide bonds. The predicted molar refractivity (Wildman–Crippen MR) is 98.5 cm³/mol. The number of aromatic nitrogens is 2. The molecule has 2 aromatic rings. The predicted octanol–water partition coefficient (Wildman–Crippen LogP) is 0.886. The van der Waals surface area contributed by atoms with Crippen LogP contribution in [-0.4, -0.2) is 70.3 Å². The molecule has 1 fully saturated rings. The number of nitrogens with one attached hydrogen (secondary N) is 1. The van der Waals surface area contributed by atoms with Crippen molar-refractivity contribution in [3.63, 3.8) is 0 Å². The summed E-state index contributed by atoms with van der Waals surface area (Å²) in [5.41, 5.74) is 1.79. The van der Waals surface area contributed by atoms with E-state index in [1.54, 1.807) is 18.7 Å². The number of nitrogens with zero attached hydrogens (tertiary/aromatic N) is 5. The molecule has 0 saturated carbocycles. The number of piperazine rings is 1. The van der Waals surface area contributed by atoms with Gasteiger partial charge in [0.05, 0.1) is 18.3 Å². The molecular weight excluding hydrogens is 332 g/mol. The molecule has 8 nitrogen and oxygen atoms in total. The molecule has 26 heavy (non-hydrogen) atoms. The zero-order valence-corrected chi connectivity index (χ0v) is 15.1. The van der Waals surface area contributed by atoms with E-state index in [0.29, 0.717) is 6.54 Å². The minimum Gasteiger partial charge on any atom is -0.386 e. The second kappa shape index (κ2) is 9.30. The first-order chi connectivity index (χ1) is 12.8. The maximum atomic E-state index is 10.3. The molecular formula is C18H26N6O2. The van der Waals surface area contributed by atoms with Crippen LogP contribution in [0.25, 0.3) is 0 Å². The van der Waals surface area contributed by atoms with Gasteiger partial charge in [0.25, 0.3) is 0 Å². The molecule has 0 bridgehead atoms. The van der Waals surface area contributed by atoms with Gasteiger partial charge in [0, 0.05) is 57.7 Å². The fourth-order valence-corrected chi connectivity index (χ4v) is 2.96. The number of aliphatic hydroxyl groups excluding tert-OH is 1. The molecule has 1 aliphatic heterocycles. The Morgan fingerprint density at radius 1 is 1.27 bits per heavy atom. The molecule has 3 heterocycles. The fraction of sp³-hybridized carbons (Fsp3) is 0.500. The molecule has 1 aliphatic rings. The summed E-state index contributed by atoms with van der Waals surface area (Å²) in [4.78, 5) is 13.2. The second-order valence-electron chi connectivity index (χ2n) is 6.24. The number of hydrogen-bond acceptors (Lipinski definition) is 6. The van der Waals surface area contributed by atoms with Gasteiger partial charge in [-0.1, -0.05) is 5.16 Å². The molecule has 1 atom stereocenters. The van der Waals surface area contributed by atoms with Gasteiger partial charge in [0.15, 0.2) is 5.96 Å². The average Bonchev–Trinajstić information content (AvgIpc) is 3.19. The van der Waals surface area contributed by atoms with Crippen LogP contribution in [0.2, 0.25) is 0 Å². The molecule has 0 aromatic carbocycles. The summed E-state index contributed by atoms with van der Waals surface area (Å²) >= 11 is 0. The van der Waals surface area contributed by atoms with Crippen molar-refractivity contribution >= 4 is 5.96 Å². The number of pyridine rings is 1. The van der Waals surface area contributed by atoms with Gasteiger partial charge in [-0.15, -0.1) is 0 Å². The third-order valence-corrected chi connectivity index (χ3v) is 4.39. The summed E-state index contributed by atoms with van der Waals surface area (Å²) in [5.74, 6) is 0.849. The van der Waals surface area contributed by atoms with E-state index >= 15 is 0 Å². The van der Waals surface area contributed by atoms with Gasteiger partial charge in [-0.05, 0) is 24.6 Å². The van der Waals surface area contributed by atoms with Crippen LogP contribution in [0.5, 0.6) is 0 Å². The first-order valence-electron chi connectivity index (χ1n) is 8.99. The maximum absolute atomic E-state index is 10.3. The number of aliphatic imine (C=N–C) groups is 1. The second-order valence-corrected chi connectivity index (χ2v) is 6.24. The van der Waals surface area contributed by atoms with E-state index in [1.807, 2.05) is 18.2 Å². The molecule has 1 saturated heterocycles. The Kier molecular flexibility index (Phi) is 6.56. The smallest absolute Gasteiger partial charge is 0.194 e. The standard InChI is InChI=1S/C18H26N6O2/c1-2-20-18(21-13-17(25)15-3-6-19-7-4-15)24-10-8-23(9-11-24)14-16-5-12-26-22-16/h3-7,12,17,25H,2,8-11,13-14H2,1H3,(H,20,21). The molecule has 0 radical (unpaired) electrons. The minimum atomic E-state index is -0.625. The van der Waals surface area contributed by atoms with E-state index in [9.17, 15) is 5.11 Å². The molecule has 2 N–H and O–H groups in total. The molecule has 1 unspecified atom stereocenters. The summed E-state index contributed by atoms with van der Waals surface area (Å²) < 4.78 is 4.89. The van der Waals surface area contributed by atoms with Gasteiger partial charge >= 0.3 is 0 Å². The van der Waals surface area contributed by atoms with E-state index in [-0.39, 0.29) is 0 Å². The molecule has 2 aromatic heterocycles. The zero-order chi connectivity index (χ0) is 18.2. The summed E-state index contributed by atoms with van der Waals surface area (Å²) in [5, 5.41) is 17.6. The van der Waals surface area contributed by atoms with Crippen molar-refractivity contribution in [2.45, 2.75) is 19.6 Å². The largest absolute Gasteiger partial charge is 0.386 e. The van der Waals surface area contributed by atoms with Gasteiger partial charge in [-0.3, -0.25) is 14.9 Å². The van der Waals surface area contributed by atoms with Gasteiger partial charge in [0.2, 0.25) is 0 Å². The third kappa shape index (κ3) is 5.03. The Morgan fingerprint density at radius 2 is 2.04 bits per heavy atom. The number of rotatable bonds is 6. The summed E-state index contributed by atoms with van der Waals surface area (Å²) in [6, 6.07) is 5.53. The zero-order valence-electron chi connectivity index (χ0n) is 15.1. The van der Waals surface area contributed by atoms with Crippen LogP contribution in [0.15, 0.2) is 46.4 Å². The molecule has 0 aliphatic carbocycles. The van der Waals surface area contributed by atoms with Gasteiger partial charge in [-0.2, -0.15) is 0 Å². The van der Waals surface area contributed by atoms with Crippen LogP contribution in [0, 0.1) is 0 Å². The van der Waals surface area contributed by atoms with E-state index in [0.717, 1.165) is 56.5 Å². The van der Waals surface area contributed by atoms with Crippen molar-refractivity contribution in [1.82, 2.24) is 25.3 Å². The summed E-state index contributed by atoms with van der Waals surface area (Å²) in [6.07, 6.45) is 4.35. The summed E-state index contributed by atoms with van der Waals surface area (Å²) in [6.45, 7) is 7.61. The van der Waals surface area contributed by atoms with Crippen molar-refractivity contribution in [2.75, 3.05) is 39.3 Å². The van der Waals surface area contributed by atoms with Crippen molar-refractivity contribution < 1.29 is 9.63 Å². The molecule has 3 rings (SSSR count). The van der Waals surface area contributed by atoms with Gasteiger partial charge in [0.1, 0.15) is 6.26 Å². The number of hydrogen-bond donors (Lipinski definition) is 2. The number of guanidine groups is 1. The average molecular weight is 358 g/mol. The topological polar surface area (TPSA) is 90.0 Å². The highest BCUT2D eigenvalue weighted by molar-refractivity contribution is 5.80. The normalized spacial score (nSPS) is 17.3. The van der Waals surface area contributed by atoms with Crippen LogP contribution >= 0.6 is 0 Å². The van der Waals surface area contributed by atoms with Gasteiger partial charge in [-0.25, -0.2) is 0 Å². The Hall–Kier alpha value is -2.45. The molecule has 140 valence electrons. The van der Waals surface area contributed by atoms with Crippen LogP contribution in [0.4, 0.5) is 0 Å². The Balaban J connectivity index is 1.54. The lowest BCUT2D eigenvalue weighted by Gasteiger charge is -2.36. The van der Waals surface area contributed by atoms with Gasteiger partial charge < -0.3 is 19.8 Å². The maximum Gasteiger partial charge on any atom is 0.194 e. The van der Waals surface area contributed by atoms with Crippen molar-refractivity contribution in [2.24, 2.45) is 4.99 Å². The van der Waals surface area contributed by atoms with E-state index < -0.39 is 6.10 Å². The quantitative estimate of drug-likeness (QED) is 0.585. The first kappa shape index (κ1) is 18.3. The van der Waals surface area contributed by atoms with E-state index in [1.165, 1.54) is 0 Å². The number of aliphatic hydroxyl groups is 1. The molecule has 8 heteroatoms. The first-order valence-corrected chi connectivity index (χ1v) is 8.99. The highest BCUT2D eigenvalue weighted by Gasteiger charge is 2.20. The van der Waals surface area contributed by atoms with Crippen LogP contribution in [-0.2, 0) is 6.54 Å². The van der Waals surface area contributed by atoms with Crippen LogP contribution in [0.1, 0.15) is 24.3 Å². The van der Waals surface area contributed by atoms with Crippen molar-refractivity contribution in [3.8, 4) is 0 Å². The van der Waals surface area contributed by atoms with Crippen molar-refractivity contribution in [3.05, 3.63) is 48.1 Å².